The second kappa shape index (κ2) is 10.9. The topological polar surface area (TPSA) is 95.9 Å². The van der Waals surface area contributed by atoms with E-state index < -0.39 is 18.0 Å². The SMILES string of the molecule is CCC(CNC(=O)OCC1c2ccccc2-c2ccccc21)CC(=O)N1CCCC(C(=O)O)C1C. The molecule has 2 aromatic rings. The van der Waals surface area contributed by atoms with Crippen LogP contribution in [0.2, 0.25) is 0 Å². The van der Waals surface area contributed by atoms with E-state index in [4.69, 9.17) is 4.74 Å². The zero-order valence-corrected chi connectivity index (χ0v) is 20.4. The number of benzene rings is 2. The van der Waals surface area contributed by atoms with Gasteiger partial charge >= 0.3 is 12.1 Å². The third kappa shape index (κ3) is 5.34. The average Bonchev–Trinajstić information content (AvgIpc) is 3.18. The molecule has 1 fully saturated rings. The first-order valence-corrected chi connectivity index (χ1v) is 12.5. The highest BCUT2D eigenvalue weighted by molar-refractivity contribution is 5.80. The molecule has 35 heavy (non-hydrogen) atoms. The van der Waals surface area contributed by atoms with Crippen LogP contribution in [-0.2, 0) is 14.3 Å². The van der Waals surface area contributed by atoms with E-state index in [1.807, 2.05) is 38.1 Å². The van der Waals surface area contributed by atoms with Gasteiger partial charge < -0.3 is 20.1 Å². The standard InChI is InChI=1S/C28H34N2O5/c1-3-19(15-26(31)30-14-8-13-20(18(30)2)27(32)33)16-29-28(34)35-17-25-23-11-6-4-9-21(23)22-10-5-7-12-24(22)25/h4-7,9-12,18-20,25H,3,8,13-17H2,1-2H3,(H,29,34)(H,32,33). The van der Waals surface area contributed by atoms with E-state index in [9.17, 15) is 19.5 Å². The van der Waals surface area contributed by atoms with Gasteiger partial charge in [-0.2, -0.15) is 0 Å². The van der Waals surface area contributed by atoms with Crippen LogP contribution in [0.5, 0.6) is 0 Å². The normalized spacial score (nSPS) is 20.0. The van der Waals surface area contributed by atoms with Gasteiger partial charge in [-0.15, -0.1) is 0 Å². The number of carbonyl (C=O) groups is 3. The fourth-order valence-corrected chi connectivity index (χ4v) is 5.43. The molecule has 3 atom stereocenters. The van der Waals surface area contributed by atoms with E-state index in [1.165, 1.54) is 11.1 Å². The van der Waals surface area contributed by atoms with Crippen molar-refractivity contribution in [3.05, 3.63) is 59.7 Å². The Morgan fingerprint density at radius 1 is 1.09 bits per heavy atom. The monoisotopic (exact) mass is 478 g/mol. The summed E-state index contributed by atoms with van der Waals surface area (Å²) in [4.78, 5) is 38.6. The second-order valence-electron chi connectivity index (χ2n) is 9.60. The lowest BCUT2D eigenvalue weighted by Crippen LogP contribution is -2.49. The first-order valence-electron chi connectivity index (χ1n) is 12.5. The van der Waals surface area contributed by atoms with Gasteiger partial charge in [-0.3, -0.25) is 9.59 Å². The van der Waals surface area contributed by atoms with Crippen LogP contribution < -0.4 is 5.32 Å². The number of fused-ring (bicyclic) bond motifs is 3. The van der Waals surface area contributed by atoms with Gasteiger partial charge in [0, 0.05) is 31.5 Å². The number of likely N-dealkylation sites (tertiary alicyclic amines) is 1. The molecule has 3 unspecified atom stereocenters. The number of ether oxygens (including phenoxy) is 1. The van der Waals surface area contributed by atoms with E-state index in [1.54, 1.807) is 4.90 Å². The zero-order valence-electron chi connectivity index (χ0n) is 20.4. The molecular weight excluding hydrogens is 444 g/mol. The van der Waals surface area contributed by atoms with Crippen LogP contribution >= 0.6 is 0 Å². The molecule has 4 rings (SSSR count). The average molecular weight is 479 g/mol. The summed E-state index contributed by atoms with van der Waals surface area (Å²) in [7, 11) is 0. The summed E-state index contributed by atoms with van der Waals surface area (Å²) < 4.78 is 5.60. The third-order valence-electron chi connectivity index (χ3n) is 7.55. The number of rotatable bonds is 8. The fraction of sp³-hybridized carbons (Fsp3) is 0.464. The van der Waals surface area contributed by atoms with Crippen LogP contribution in [0, 0.1) is 11.8 Å². The molecule has 0 saturated carbocycles. The summed E-state index contributed by atoms with van der Waals surface area (Å²) in [6.45, 7) is 4.96. The number of alkyl carbamates (subject to hydrolysis) is 1. The van der Waals surface area contributed by atoms with E-state index in [0.29, 0.717) is 25.9 Å². The summed E-state index contributed by atoms with van der Waals surface area (Å²) in [6.07, 6.45) is 1.80. The minimum atomic E-state index is -0.848. The Hall–Kier alpha value is -3.35. The maximum absolute atomic E-state index is 12.9. The Balaban J connectivity index is 1.29. The lowest BCUT2D eigenvalue weighted by molar-refractivity contribution is -0.149. The molecule has 7 nitrogen and oxygen atoms in total. The van der Waals surface area contributed by atoms with E-state index in [-0.39, 0.29) is 36.8 Å². The van der Waals surface area contributed by atoms with Crippen molar-refractivity contribution < 1.29 is 24.2 Å². The molecule has 1 heterocycles. The molecule has 2 amide bonds. The van der Waals surface area contributed by atoms with Crippen LogP contribution in [0.25, 0.3) is 11.1 Å². The quantitative estimate of drug-likeness (QED) is 0.576. The van der Waals surface area contributed by atoms with E-state index in [0.717, 1.165) is 17.5 Å². The molecule has 1 aliphatic heterocycles. The molecular formula is C28H34N2O5. The van der Waals surface area contributed by atoms with Gasteiger partial charge in [0.25, 0.3) is 0 Å². The van der Waals surface area contributed by atoms with Crippen molar-refractivity contribution in [1.29, 1.82) is 0 Å². The highest BCUT2D eigenvalue weighted by Crippen LogP contribution is 2.44. The summed E-state index contributed by atoms with van der Waals surface area (Å²) in [5.41, 5.74) is 4.68. The van der Waals surface area contributed by atoms with Crippen LogP contribution in [0.15, 0.2) is 48.5 Å². The smallest absolute Gasteiger partial charge is 0.407 e. The molecule has 0 spiro atoms. The first kappa shape index (κ1) is 24.8. The van der Waals surface area contributed by atoms with Crippen molar-refractivity contribution in [1.82, 2.24) is 10.2 Å². The summed E-state index contributed by atoms with van der Waals surface area (Å²) in [6, 6.07) is 16.1. The highest BCUT2D eigenvalue weighted by Gasteiger charge is 2.35. The number of carboxylic acid groups (broad SMARTS) is 1. The largest absolute Gasteiger partial charge is 0.481 e. The molecule has 0 bridgehead atoms. The Labute approximate surface area is 206 Å². The van der Waals surface area contributed by atoms with Crippen molar-refractivity contribution >= 4 is 18.0 Å². The van der Waals surface area contributed by atoms with Gasteiger partial charge in [0.05, 0.1) is 5.92 Å². The van der Waals surface area contributed by atoms with Crippen LogP contribution in [0.3, 0.4) is 0 Å². The lowest BCUT2D eigenvalue weighted by Gasteiger charge is -2.38. The molecule has 2 aromatic carbocycles. The molecule has 7 heteroatoms. The minimum Gasteiger partial charge on any atom is -0.481 e. The van der Waals surface area contributed by atoms with Gasteiger partial charge in [0.1, 0.15) is 6.61 Å². The Morgan fingerprint density at radius 2 is 1.71 bits per heavy atom. The molecule has 0 aromatic heterocycles. The maximum atomic E-state index is 12.9. The minimum absolute atomic E-state index is 0.000491. The zero-order chi connectivity index (χ0) is 24.9. The Bertz CT molecular complexity index is 1040. The van der Waals surface area contributed by atoms with Crippen molar-refractivity contribution in [2.24, 2.45) is 11.8 Å². The molecule has 1 aliphatic carbocycles. The summed E-state index contributed by atoms with van der Waals surface area (Å²) in [5.74, 6) is -1.46. The number of nitrogens with one attached hydrogen (secondary N) is 1. The molecule has 186 valence electrons. The number of amides is 2. The number of aliphatic carboxylic acids is 1. The molecule has 1 saturated heterocycles. The number of carboxylic acids is 1. The molecule has 2 aliphatic rings. The van der Waals surface area contributed by atoms with Gasteiger partial charge in [-0.05, 0) is 47.9 Å². The predicted molar refractivity (Wildman–Crippen MR) is 133 cm³/mol. The van der Waals surface area contributed by atoms with Crippen LogP contribution in [0.1, 0.15) is 56.6 Å². The van der Waals surface area contributed by atoms with Crippen molar-refractivity contribution in [3.8, 4) is 11.1 Å². The van der Waals surface area contributed by atoms with Gasteiger partial charge in [-0.25, -0.2) is 4.79 Å². The highest BCUT2D eigenvalue weighted by atomic mass is 16.5. The van der Waals surface area contributed by atoms with Crippen LogP contribution in [-0.4, -0.2) is 53.7 Å². The second-order valence-corrected chi connectivity index (χ2v) is 9.60. The molecule has 2 N–H and O–H groups in total. The Morgan fingerprint density at radius 3 is 2.31 bits per heavy atom. The number of carbonyl (C=O) groups excluding carboxylic acids is 2. The Kier molecular flexibility index (Phi) is 7.73. The lowest BCUT2D eigenvalue weighted by atomic mass is 9.89. The predicted octanol–water partition coefficient (Wildman–Crippen LogP) is 4.65. The number of hydrogen-bond donors (Lipinski definition) is 2. The van der Waals surface area contributed by atoms with Crippen molar-refractivity contribution in [2.45, 2.75) is 51.5 Å². The van der Waals surface area contributed by atoms with Gasteiger partial charge in [0.15, 0.2) is 0 Å². The summed E-state index contributed by atoms with van der Waals surface area (Å²) >= 11 is 0. The van der Waals surface area contributed by atoms with Crippen LogP contribution in [0.4, 0.5) is 4.79 Å². The number of nitrogens with zero attached hydrogens (tertiary/aromatic N) is 1. The molecule has 0 radical (unpaired) electrons. The first-order chi connectivity index (χ1) is 16.9. The number of hydrogen-bond acceptors (Lipinski definition) is 4. The summed E-state index contributed by atoms with van der Waals surface area (Å²) in [5, 5.41) is 12.2. The van der Waals surface area contributed by atoms with Crippen molar-refractivity contribution in [2.75, 3.05) is 19.7 Å². The number of piperidine rings is 1. The van der Waals surface area contributed by atoms with Crippen molar-refractivity contribution in [3.63, 3.8) is 0 Å². The fourth-order valence-electron chi connectivity index (χ4n) is 5.43. The third-order valence-corrected chi connectivity index (χ3v) is 7.55. The van der Waals surface area contributed by atoms with Gasteiger partial charge in [0.2, 0.25) is 5.91 Å². The van der Waals surface area contributed by atoms with Gasteiger partial charge in [-0.1, -0.05) is 61.9 Å². The van der Waals surface area contributed by atoms with E-state index in [2.05, 4.69) is 29.6 Å². The van der Waals surface area contributed by atoms with E-state index >= 15 is 0 Å². The maximum Gasteiger partial charge on any atom is 0.407 e.